The van der Waals surface area contributed by atoms with E-state index in [1.807, 2.05) is 13.8 Å². The van der Waals surface area contributed by atoms with Crippen molar-refractivity contribution >= 4 is 5.97 Å². The monoisotopic (exact) mass is 290 g/mol. The maximum absolute atomic E-state index is 11.2. The third-order valence-corrected chi connectivity index (χ3v) is 3.15. The van der Waals surface area contributed by atoms with Crippen LogP contribution in [0.2, 0.25) is 0 Å². The Morgan fingerprint density at radius 2 is 2.05 bits per heavy atom. The SMILES string of the molecule is C.CC.CC1Cc2c(C(=O)O)nn(-c3cnccn3)c2C1. The molecular weight excluding hydrogens is 268 g/mol. The van der Waals surface area contributed by atoms with Gasteiger partial charge in [0.05, 0.1) is 11.9 Å². The average Bonchev–Trinajstić information content (AvgIpc) is 2.99. The van der Waals surface area contributed by atoms with Gasteiger partial charge >= 0.3 is 5.97 Å². The van der Waals surface area contributed by atoms with Gasteiger partial charge in [0, 0.05) is 18.0 Å². The molecule has 2 aromatic heterocycles. The summed E-state index contributed by atoms with van der Waals surface area (Å²) in [5.74, 6) is 0.0253. The van der Waals surface area contributed by atoms with Crippen molar-refractivity contribution in [2.75, 3.05) is 0 Å². The van der Waals surface area contributed by atoms with E-state index in [0.29, 0.717) is 11.7 Å². The number of carboxylic acid groups (broad SMARTS) is 1. The Bertz CT molecular complexity index is 608. The van der Waals surface area contributed by atoms with Crippen LogP contribution in [-0.2, 0) is 12.8 Å². The number of aromatic carboxylic acids is 1. The van der Waals surface area contributed by atoms with Gasteiger partial charge < -0.3 is 5.11 Å². The van der Waals surface area contributed by atoms with E-state index in [-0.39, 0.29) is 13.1 Å². The Labute approximate surface area is 124 Å². The fourth-order valence-electron chi connectivity index (χ4n) is 2.42. The summed E-state index contributed by atoms with van der Waals surface area (Å²) >= 11 is 0. The number of fused-ring (bicyclic) bond motifs is 1. The van der Waals surface area contributed by atoms with Gasteiger partial charge in [-0.1, -0.05) is 28.2 Å². The van der Waals surface area contributed by atoms with E-state index in [9.17, 15) is 9.90 Å². The zero-order valence-electron chi connectivity index (χ0n) is 11.9. The largest absolute Gasteiger partial charge is 0.476 e. The first-order valence-corrected chi connectivity index (χ1v) is 6.77. The van der Waals surface area contributed by atoms with Crippen LogP contribution in [0.25, 0.3) is 5.82 Å². The maximum Gasteiger partial charge on any atom is 0.356 e. The second-order valence-electron chi connectivity index (χ2n) is 4.57. The van der Waals surface area contributed by atoms with E-state index in [0.717, 1.165) is 24.1 Å². The van der Waals surface area contributed by atoms with Crippen LogP contribution >= 0.6 is 0 Å². The minimum atomic E-state index is -0.983. The Kier molecular flexibility index (Phi) is 5.58. The van der Waals surface area contributed by atoms with Crippen LogP contribution in [-0.4, -0.2) is 30.8 Å². The van der Waals surface area contributed by atoms with Crippen molar-refractivity contribution in [3.8, 4) is 5.82 Å². The first-order chi connectivity index (χ1) is 9.66. The molecule has 1 N–H and O–H groups in total. The molecule has 3 rings (SSSR count). The molecule has 0 spiro atoms. The number of rotatable bonds is 2. The summed E-state index contributed by atoms with van der Waals surface area (Å²) in [7, 11) is 0. The molecule has 21 heavy (non-hydrogen) atoms. The van der Waals surface area contributed by atoms with Crippen molar-refractivity contribution in [1.82, 2.24) is 19.7 Å². The van der Waals surface area contributed by atoms with Gasteiger partial charge in [-0.2, -0.15) is 5.10 Å². The summed E-state index contributed by atoms with van der Waals surface area (Å²) in [6, 6.07) is 0. The molecule has 6 heteroatoms. The van der Waals surface area contributed by atoms with Crippen LogP contribution in [0.5, 0.6) is 0 Å². The third-order valence-electron chi connectivity index (χ3n) is 3.15. The third kappa shape index (κ3) is 3.09. The summed E-state index contributed by atoms with van der Waals surface area (Å²) in [6.07, 6.45) is 6.32. The Morgan fingerprint density at radius 3 is 2.62 bits per heavy atom. The van der Waals surface area contributed by atoms with E-state index >= 15 is 0 Å². The molecule has 0 aliphatic heterocycles. The number of carbonyl (C=O) groups is 1. The molecule has 0 amide bonds. The highest BCUT2D eigenvalue weighted by Gasteiger charge is 2.30. The topological polar surface area (TPSA) is 80.9 Å². The van der Waals surface area contributed by atoms with Crippen molar-refractivity contribution in [1.29, 1.82) is 0 Å². The molecule has 0 radical (unpaired) electrons. The summed E-state index contributed by atoms with van der Waals surface area (Å²) in [5.41, 5.74) is 1.92. The maximum atomic E-state index is 11.2. The van der Waals surface area contributed by atoms with E-state index in [2.05, 4.69) is 22.0 Å². The molecule has 1 aliphatic carbocycles. The van der Waals surface area contributed by atoms with Gasteiger partial charge in [-0.25, -0.2) is 14.5 Å². The molecule has 2 aromatic rings. The van der Waals surface area contributed by atoms with Crippen LogP contribution in [0.1, 0.15) is 49.9 Å². The lowest BCUT2D eigenvalue weighted by Gasteiger charge is -2.04. The highest BCUT2D eigenvalue weighted by Crippen LogP contribution is 2.30. The summed E-state index contributed by atoms with van der Waals surface area (Å²) in [5, 5.41) is 13.3. The lowest BCUT2D eigenvalue weighted by atomic mass is 10.1. The summed E-state index contributed by atoms with van der Waals surface area (Å²) < 4.78 is 1.61. The molecule has 0 aromatic carbocycles. The fourth-order valence-corrected chi connectivity index (χ4v) is 2.42. The van der Waals surface area contributed by atoms with E-state index in [4.69, 9.17) is 0 Å². The van der Waals surface area contributed by atoms with Crippen LogP contribution in [0, 0.1) is 5.92 Å². The van der Waals surface area contributed by atoms with Gasteiger partial charge in [0.1, 0.15) is 0 Å². The Hall–Kier alpha value is -2.24. The number of hydrogen-bond donors (Lipinski definition) is 1. The standard InChI is InChI=1S/C12H12N4O2.C2H6.CH4/c1-7-4-8-9(5-7)16(15-11(8)12(17)18)10-6-13-2-3-14-10;1-2;/h2-3,6-7H,4-5H2,1H3,(H,17,18);1-2H3;1H4. The minimum absolute atomic E-state index is 0. The van der Waals surface area contributed by atoms with Crippen LogP contribution in [0.15, 0.2) is 18.6 Å². The van der Waals surface area contributed by atoms with Crippen molar-refractivity contribution in [3.05, 3.63) is 35.5 Å². The summed E-state index contributed by atoms with van der Waals surface area (Å²) in [4.78, 5) is 19.4. The number of aromatic nitrogens is 4. The number of carboxylic acids is 1. The smallest absolute Gasteiger partial charge is 0.356 e. The predicted octanol–water partition coefficient (Wildman–Crippen LogP) is 2.76. The van der Waals surface area contributed by atoms with Gasteiger partial charge in [0.15, 0.2) is 11.5 Å². The quantitative estimate of drug-likeness (QED) is 0.919. The molecule has 6 nitrogen and oxygen atoms in total. The fraction of sp³-hybridized carbons (Fsp3) is 0.467. The highest BCUT2D eigenvalue weighted by molar-refractivity contribution is 5.87. The van der Waals surface area contributed by atoms with Gasteiger partial charge in [0.25, 0.3) is 0 Å². The van der Waals surface area contributed by atoms with Crippen LogP contribution in [0.4, 0.5) is 0 Å². The van der Waals surface area contributed by atoms with Gasteiger partial charge in [-0.05, 0) is 18.8 Å². The minimum Gasteiger partial charge on any atom is -0.476 e. The van der Waals surface area contributed by atoms with E-state index in [1.54, 1.807) is 23.3 Å². The van der Waals surface area contributed by atoms with Crippen molar-refractivity contribution in [2.45, 2.75) is 41.0 Å². The molecule has 1 unspecified atom stereocenters. The van der Waals surface area contributed by atoms with E-state index in [1.165, 1.54) is 0 Å². The lowest BCUT2D eigenvalue weighted by Crippen LogP contribution is -2.08. The number of hydrogen-bond acceptors (Lipinski definition) is 4. The van der Waals surface area contributed by atoms with Crippen molar-refractivity contribution in [3.63, 3.8) is 0 Å². The number of nitrogens with zero attached hydrogens (tertiary/aromatic N) is 4. The molecule has 1 atom stereocenters. The first kappa shape index (κ1) is 16.8. The Morgan fingerprint density at radius 1 is 1.33 bits per heavy atom. The van der Waals surface area contributed by atoms with Crippen molar-refractivity contribution < 1.29 is 9.90 Å². The second-order valence-corrected chi connectivity index (χ2v) is 4.57. The van der Waals surface area contributed by atoms with Gasteiger partial charge in [0.2, 0.25) is 0 Å². The normalized spacial score (nSPS) is 15.5. The first-order valence-electron chi connectivity index (χ1n) is 6.77. The Balaban J connectivity index is 0.000000706. The molecule has 2 heterocycles. The summed E-state index contributed by atoms with van der Waals surface area (Å²) in [6.45, 7) is 6.10. The predicted molar refractivity (Wildman–Crippen MR) is 80.8 cm³/mol. The zero-order valence-corrected chi connectivity index (χ0v) is 11.9. The molecule has 0 saturated carbocycles. The highest BCUT2D eigenvalue weighted by atomic mass is 16.4. The van der Waals surface area contributed by atoms with Crippen molar-refractivity contribution in [2.24, 2.45) is 5.92 Å². The lowest BCUT2D eigenvalue weighted by molar-refractivity contribution is 0.0688. The molecular formula is C15H22N4O2. The molecule has 0 fully saturated rings. The van der Waals surface area contributed by atoms with Gasteiger partial charge in [-0.15, -0.1) is 0 Å². The molecule has 0 bridgehead atoms. The average molecular weight is 290 g/mol. The zero-order chi connectivity index (χ0) is 14.7. The molecule has 114 valence electrons. The molecule has 1 aliphatic rings. The van der Waals surface area contributed by atoms with E-state index < -0.39 is 5.97 Å². The van der Waals surface area contributed by atoms with Crippen LogP contribution in [0.3, 0.4) is 0 Å². The second kappa shape index (κ2) is 6.97. The van der Waals surface area contributed by atoms with Crippen LogP contribution < -0.4 is 0 Å². The van der Waals surface area contributed by atoms with Gasteiger partial charge in [-0.3, -0.25) is 4.98 Å². The molecule has 0 saturated heterocycles.